The molecule has 1 saturated heterocycles. The largest absolute Gasteiger partial charge is 0.464 e. The zero-order valence-corrected chi connectivity index (χ0v) is 9.24. The molecule has 0 spiro atoms. The lowest BCUT2D eigenvalue weighted by molar-refractivity contribution is -0.140. The number of ether oxygens (including phenoxy) is 1. The number of fused-ring (bicyclic) bond motifs is 1. The first kappa shape index (κ1) is 9.84. The van der Waals surface area contributed by atoms with E-state index in [9.17, 15) is 13.2 Å². The predicted molar refractivity (Wildman–Crippen MR) is 55.4 cm³/mol. The van der Waals surface area contributed by atoms with Gasteiger partial charge < -0.3 is 4.74 Å². The van der Waals surface area contributed by atoms with Crippen molar-refractivity contribution in [3.63, 3.8) is 0 Å². The summed E-state index contributed by atoms with van der Waals surface area (Å²) in [6.07, 6.45) is 0.406. The quantitative estimate of drug-likeness (QED) is 0.714. The van der Waals surface area contributed by atoms with Crippen LogP contribution in [0, 0.1) is 5.92 Å². The molecule has 2 aliphatic rings. The van der Waals surface area contributed by atoms with Crippen molar-refractivity contribution in [3.8, 4) is 0 Å². The van der Waals surface area contributed by atoms with E-state index in [1.807, 2.05) is 0 Å². The summed E-state index contributed by atoms with van der Waals surface area (Å²) in [4.78, 5) is 11.8. The molecule has 0 radical (unpaired) electrons. The van der Waals surface area contributed by atoms with Crippen molar-refractivity contribution in [2.75, 3.05) is 6.61 Å². The fourth-order valence-electron chi connectivity index (χ4n) is 2.30. The molecule has 16 heavy (non-hydrogen) atoms. The first-order valence-electron chi connectivity index (χ1n) is 5.06. The van der Waals surface area contributed by atoms with Crippen LogP contribution < -0.4 is 0 Å². The number of hydrogen-bond acceptors (Lipinski definition) is 4. The summed E-state index contributed by atoms with van der Waals surface area (Å²) in [5.74, 6) is -0.730. The third kappa shape index (κ3) is 0.988. The maximum absolute atomic E-state index is 12.3. The normalized spacial score (nSPS) is 32.0. The zero-order chi connectivity index (χ0) is 11.4. The fourth-order valence-corrected chi connectivity index (χ4v) is 4.44. The highest BCUT2D eigenvalue weighted by Crippen LogP contribution is 2.57. The van der Waals surface area contributed by atoms with Crippen LogP contribution in [0.4, 0.5) is 0 Å². The van der Waals surface area contributed by atoms with Gasteiger partial charge in [0.15, 0.2) is 14.6 Å². The van der Waals surface area contributed by atoms with Crippen molar-refractivity contribution in [1.82, 2.24) is 0 Å². The lowest BCUT2D eigenvalue weighted by Gasteiger charge is -2.10. The van der Waals surface area contributed by atoms with E-state index in [2.05, 4.69) is 0 Å². The van der Waals surface area contributed by atoms with E-state index in [1.165, 1.54) is 12.1 Å². The molecule has 1 aliphatic carbocycles. The third-order valence-electron chi connectivity index (χ3n) is 3.34. The molecular weight excluding hydrogens is 228 g/mol. The highest BCUT2D eigenvalue weighted by Gasteiger charge is 2.74. The van der Waals surface area contributed by atoms with E-state index in [0.717, 1.165) is 0 Å². The van der Waals surface area contributed by atoms with Gasteiger partial charge in [0.2, 0.25) is 0 Å². The Morgan fingerprint density at radius 2 is 1.94 bits per heavy atom. The van der Waals surface area contributed by atoms with Crippen molar-refractivity contribution in [1.29, 1.82) is 0 Å². The molecule has 2 fully saturated rings. The molecule has 2 unspecified atom stereocenters. The predicted octanol–water partition coefficient (Wildman–Crippen LogP) is 0.776. The van der Waals surface area contributed by atoms with E-state index in [-0.39, 0.29) is 17.4 Å². The summed E-state index contributed by atoms with van der Waals surface area (Å²) in [6, 6.07) is 8.09. The lowest BCUT2D eigenvalue weighted by Crippen LogP contribution is -2.31. The SMILES string of the molecule is O=C1OCC2CC12S(=O)(=O)c1ccccc1. The van der Waals surface area contributed by atoms with Crippen molar-refractivity contribution in [2.24, 2.45) is 5.92 Å². The Kier molecular flexibility index (Phi) is 1.75. The molecule has 1 aliphatic heterocycles. The second-order valence-electron chi connectivity index (χ2n) is 4.21. The standard InChI is InChI=1S/C11H10O4S/c12-10-11(6-8(11)7-15-10)16(13,14)9-4-2-1-3-5-9/h1-5,8H,6-7H2. The molecule has 5 heteroatoms. The molecule has 3 rings (SSSR count). The highest BCUT2D eigenvalue weighted by molar-refractivity contribution is 7.94. The Morgan fingerprint density at radius 3 is 2.44 bits per heavy atom. The average molecular weight is 238 g/mol. The topological polar surface area (TPSA) is 60.4 Å². The van der Waals surface area contributed by atoms with Crippen LogP contribution in [0.25, 0.3) is 0 Å². The maximum Gasteiger partial charge on any atom is 0.328 e. The molecule has 84 valence electrons. The van der Waals surface area contributed by atoms with Crippen LogP contribution >= 0.6 is 0 Å². The average Bonchev–Trinajstić information content (AvgIpc) is 2.96. The van der Waals surface area contributed by atoms with Crippen LogP contribution in [0.15, 0.2) is 35.2 Å². The Bertz CT molecular complexity index is 549. The highest BCUT2D eigenvalue weighted by atomic mass is 32.2. The number of cyclic esters (lactones) is 1. The van der Waals surface area contributed by atoms with Gasteiger partial charge in [-0.1, -0.05) is 18.2 Å². The van der Waals surface area contributed by atoms with E-state index < -0.39 is 20.6 Å². The number of benzene rings is 1. The molecule has 4 nitrogen and oxygen atoms in total. The Morgan fingerprint density at radius 1 is 1.25 bits per heavy atom. The number of carbonyl (C=O) groups is 1. The summed E-state index contributed by atoms with van der Waals surface area (Å²) in [6.45, 7) is 0.241. The van der Waals surface area contributed by atoms with Gasteiger partial charge in [-0.15, -0.1) is 0 Å². The van der Waals surface area contributed by atoms with Crippen LogP contribution in [0.5, 0.6) is 0 Å². The van der Waals surface area contributed by atoms with Gasteiger partial charge in [-0.2, -0.15) is 0 Å². The summed E-state index contributed by atoms with van der Waals surface area (Å²) in [5, 5.41) is 0. The van der Waals surface area contributed by atoms with Crippen LogP contribution in [-0.2, 0) is 19.4 Å². The molecule has 2 atom stereocenters. The second-order valence-corrected chi connectivity index (χ2v) is 6.41. The van der Waals surface area contributed by atoms with E-state index >= 15 is 0 Å². The number of esters is 1. The van der Waals surface area contributed by atoms with Crippen LogP contribution in [-0.4, -0.2) is 25.7 Å². The van der Waals surface area contributed by atoms with Gasteiger partial charge in [-0.25, -0.2) is 8.42 Å². The molecule has 0 bridgehead atoms. The minimum atomic E-state index is -3.59. The monoisotopic (exact) mass is 238 g/mol. The number of hydrogen-bond donors (Lipinski definition) is 0. The van der Waals surface area contributed by atoms with Gasteiger partial charge in [0.25, 0.3) is 0 Å². The van der Waals surface area contributed by atoms with Gasteiger partial charge in [-0.05, 0) is 18.6 Å². The zero-order valence-electron chi connectivity index (χ0n) is 8.42. The minimum absolute atomic E-state index is 0.148. The minimum Gasteiger partial charge on any atom is -0.464 e. The first-order chi connectivity index (χ1) is 7.59. The van der Waals surface area contributed by atoms with Gasteiger partial charge in [0, 0.05) is 5.92 Å². The summed E-state index contributed by atoms with van der Waals surface area (Å²) in [5.41, 5.74) is 0. The second kappa shape index (κ2) is 2.85. The van der Waals surface area contributed by atoms with Gasteiger partial charge >= 0.3 is 5.97 Å². The summed E-state index contributed by atoms with van der Waals surface area (Å²) >= 11 is 0. The molecule has 1 heterocycles. The Labute approximate surface area is 93.1 Å². The van der Waals surface area contributed by atoms with Crippen LogP contribution in [0.3, 0.4) is 0 Å². The Balaban J connectivity index is 2.12. The van der Waals surface area contributed by atoms with E-state index in [4.69, 9.17) is 4.74 Å². The first-order valence-corrected chi connectivity index (χ1v) is 6.54. The molecule has 0 amide bonds. The van der Waals surface area contributed by atoms with Crippen molar-refractivity contribution < 1.29 is 17.9 Å². The Hall–Kier alpha value is -1.36. The van der Waals surface area contributed by atoms with Gasteiger partial charge in [-0.3, -0.25) is 4.79 Å². The summed E-state index contributed by atoms with van der Waals surface area (Å²) in [7, 11) is -3.59. The molecular formula is C11H10O4S. The smallest absolute Gasteiger partial charge is 0.328 e. The lowest BCUT2D eigenvalue weighted by atomic mass is 10.4. The van der Waals surface area contributed by atoms with Gasteiger partial charge in [0.1, 0.15) is 0 Å². The number of rotatable bonds is 2. The molecule has 1 aromatic rings. The molecule has 0 aromatic heterocycles. The van der Waals surface area contributed by atoms with Crippen molar-refractivity contribution in [2.45, 2.75) is 16.1 Å². The number of carbonyl (C=O) groups excluding carboxylic acids is 1. The van der Waals surface area contributed by atoms with Crippen molar-refractivity contribution >= 4 is 15.8 Å². The van der Waals surface area contributed by atoms with E-state index in [0.29, 0.717) is 6.42 Å². The van der Waals surface area contributed by atoms with Crippen molar-refractivity contribution in [3.05, 3.63) is 30.3 Å². The maximum atomic E-state index is 12.3. The van der Waals surface area contributed by atoms with E-state index in [1.54, 1.807) is 18.2 Å². The molecule has 1 saturated carbocycles. The molecule has 1 aromatic carbocycles. The third-order valence-corrected chi connectivity index (χ3v) is 5.86. The van der Waals surface area contributed by atoms with Crippen LogP contribution in [0.2, 0.25) is 0 Å². The summed E-state index contributed by atoms with van der Waals surface area (Å²) < 4.78 is 28.2. The molecule has 0 N–H and O–H groups in total. The fraction of sp³-hybridized carbons (Fsp3) is 0.364. The van der Waals surface area contributed by atoms with Gasteiger partial charge in [0.05, 0.1) is 11.5 Å². The number of sulfone groups is 1. The van der Waals surface area contributed by atoms with Crippen LogP contribution in [0.1, 0.15) is 6.42 Å².